The Hall–Kier alpha value is -2.66. The lowest BCUT2D eigenvalue weighted by Gasteiger charge is -2.24. The maximum atomic E-state index is 12.4. The molecule has 1 aliphatic heterocycles. The van der Waals surface area contributed by atoms with Crippen molar-refractivity contribution < 1.29 is 14.7 Å². The third kappa shape index (κ3) is 1.90. The molecule has 0 unspecified atom stereocenters. The molecule has 0 bridgehead atoms. The zero-order valence-corrected chi connectivity index (χ0v) is 12.3. The predicted molar refractivity (Wildman–Crippen MR) is 82.5 cm³/mol. The summed E-state index contributed by atoms with van der Waals surface area (Å²) < 4.78 is 0. The fourth-order valence-corrected chi connectivity index (χ4v) is 2.75. The molecule has 1 heterocycles. The first-order chi connectivity index (χ1) is 10.5. The number of nitrogens with zero attached hydrogens (tertiary/aromatic N) is 1. The molecular weight excluding hydrogens is 280 g/mol. The molecule has 1 aliphatic rings. The number of rotatable bonds is 2. The smallest absolute Gasteiger partial charge is 0.265 e. The van der Waals surface area contributed by atoms with Gasteiger partial charge in [-0.1, -0.05) is 36.4 Å². The van der Waals surface area contributed by atoms with E-state index in [0.717, 1.165) is 0 Å². The zero-order chi connectivity index (χ0) is 15.9. The minimum Gasteiger partial charge on any atom is -0.372 e. The molecule has 1 atom stereocenters. The number of anilines is 1. The average Bonchev–Trinajstić information content (AvgIpc) is 2.79. The molecule has 0 saturated carbocycles. The third-order valence-corrected chi connectivity index (χ3v) is 3.83. The van der Waals surface area contributed by atoms with Gasteiger partial charge in [0.1, 0.15) is 0 Å². The summed E-state index contributed by atoms with van der Waals surface area (Å²) in [4.78, 5) is 26.2. The minimum absolute atomic E-state index is 0.261. The van der Waals surface area contributed by atoms with Crippen LogP contribution in [0, 0.1) is 0 Å². The zero-order valence-electron chi connectivity index (χ0n) is 12.3. The van der Waals surface area contributed by atoms with E-state index in [9.17, 15) is 14.7 Å². The summed E-state index contributed by atoms with van der Waals surface area (Å²) in [6, 6.07) is 13.6. The van der Waals surface area contributed by atoms with Crippen LogP contribution >= 0.6 is 0 Å². The number of amides is 2. The van der Waals surface area contributed by atoms with Gasteiger partial charge in [0.05, 0.1) is 0 Å². The van der Waals surface area contributed by atoms with Gasteiger partial charge >= 0.3 is 0 Å². The first-order valence-corrected chi connectivity index (χ1v) is 6.90. The molecule has 2 aromatic carbocycles. The summed E-state index contributed by atoms with van der Waals surface area (Å²) in [6.45, 7) is 0. The molecule has 3 rings (SSSR count). The molecule has 0 saturated heterocycles. The molecule has 5 heteroatoms. The maximum Gasteiger partial charge on any atom is 0.265 e. The molecule has 2 amide bonds. The Morgan fingerprint density at radius 3 is 2.41 bits per heavy atom. The van der Waals surface area contributed by atoms with E-state index in [1.807, 2.05) is 0 Å². The van der Waals surface area contributed by atoms with Gasteiger partial charge < -0.3 is 15.3 Å². The van der Waals surface area contributed by atoms with Crippen molar-refractivity contribution in [3.8, 4) is 0 Å². The highest BCUT2D eigenvalue weighted by molar-refractivity contribution is 6.11. The van der Waals surface area contributed by atoms with Crippen molar-refractivity contribution in [1.82, 2.24) is 4.90 Å². The molecule has 2 N–H and O–H groups in total. The number of hydrogen-bond acceptors (Lipinski definition) is 3. The summed E-state index contributed by atoms with van der Waals surface area (Å²) in [7, 11) is 3.26. The van der Waals surface area contributed by atoms with Crippen LogP contribution < -0.4 is 5.32 Å². The molecular formula is C17H16N2O3. The van der Waals surface area contributed by atoms with Gasteiger partial charge in [-0.15, -0.1) is 0 Å². The lowest BCUT2D eigenvalue weighted by Crippen LogP contribution is -2.37. The Labute approximate surface area is 128 Å². The highest BCUT2D eigenvalue weighted by Crippen LogP contribution is 2.42. The van der Waals surface area contributed by atoms with Gasteiger partial charge in [-0.05, 0) is 17.7 Å². The van der Waals surface area contributed by atoms with Crippen LogP contribution in [0.25, 0.3) is 0 Å². The Morgan fingerprint density at radius 1 is 1.09 bits per heavy atom. The van der Waals surface area contributed by atoms with Gasteiger partial charge in [-0.3, -0.25) is 9.59 Å². The molecule has 0 spiro atoms. The van der Waals surface area contributed by atoms with Crippen LogP contribution in [0.5, 0.6) is 0 Å². The van der Waals surface area contributed by atoms with E-state index >= 15 is 0 Å². The number of fused-ring (bicyclic) bond motifs is 1. The molecule has 0 radical (unpaired) electrons. The Bertz CT molecular complexity index is 756. The highest BCUT2D eigenvalue weighted by Gasteiger charge is 2.49. The van der Waals surface area contributed by atoms with E-state index in [1.165, 1.54) is 4.90 Å². The Kier molecular flexibility index (Phi) is 3.22. The number of nitrogens with one attached hydrogen (secondary N) is 1. The van der Waals surface area contributed by atoms with E-state index in [1.54, 1.807) is 62.6 Å². The number of carbonyl (C=O) groups is 2. The molecule has 112 valence electrons. The van der Waals surface area contributed by atoms with E-state index in [4.69, 9.17) is 0 Å². The van der Waals surface area contributed by atoms with Gasteiger partial charge in [0.2, 0.25) is 0 Å². The van der Waals surface area contributed by atoms with Crippen molar-refractivity contribution in [2.24, 2.45) is 0 Å². The van der Waals surface area contributed by atoms with Crippen LogP contribution in [-0.4, -0.2) is 35.9 Å². The second-order valence-electron chi connectivity index (χ2n) is 5.46. The molecule has 2 aromatic rings. The second kappa shape index (κ2) is 4.96. The number of carbonyl (C=O) groups excluding carboxylic acids is 2. The molecule has 0 fully saturated rings. The van der Waals surface area contributed by atoms with Crippen LogP contribution in [0.3, 0.4) is 0 Å². The number of benzene rings is 2. The average molecular weight is 296 g/mol. The second-order valence-corrected chi connectivity index (χ2v) is 5.46. The summed E-state index contributed by atoms with van der Waals surface area (Å²) in [6.07, 6.45) is 0. The first kappa shape index (κ1) is 14.3. The largest absolute Gasteiger partial charge is 0.372 e. The van der Waals surface area contributed by atoms with Crippen LogP contribution in [0.15, 0.2) is 48.5 Å². The fraction of sp³-hybridized carbons (Fsp3) is 0.176. The molecule has 0 aromatic heterocycles. The summed E-state index contributed by atoms with van der Waals surface area (Å²) in [5, 5.41) is 13.8. The van der Waals surface area contributed by atoms with Crippen LogP contribution in [-0.2, 0) is 10.4 Å². The van der Waals surface area contributed by atoms with Crippen LogP contribution in [0.4, 0.5) is 5.69 Å². The van der Waals surface area contributed by atoms with Gasteiger partial charge in [0, 0.05) is 30.9 Å². The fourth-order valence-electron chi connectivity index (χ4n) is 2.75. The lowest BCUT2D eigenvalue weighted by molar-refractivity contribution is -0.129. The van der Waals surface area contributed by atoms with Gasteiger partial charge in [0.25, 0.3) is 11.8 Å². The topological polar surface area (TPSA) is 69.6 Å². The first-order valence-electron chi connectivity index (χ1n) is 6.90. The standard InChI is InChI=1S/C17H16N2O3/c1-19(2)15(20)12-9-6-10-13-14(12)17(22,16(21)18-13)11-7-4-3-5-8-11/h3-10,22H,1-2H3,(H,18,21)/t17-/m0/s1. The Morgan fingerprint density at radius 2 is 1.77 bits per heavy atom. The van der Waals surface area contributed by atoms with Crippen molar-refractivity contribution in [1.29, 1.82) is 0 Å². The van der Waals surface area contributed by atoms with E-state index in [-0.39, 0.29) is 5.91 Å². The van der Waals surface area contributed by atoms with E-state index in [2.05, 4.69) is 5.32 Å². The van der Waals surface area contributed by atoms with E-state index < -0.39 is 11.5 Å². The molecule has 22 heavy (non-hydrogen) atoms. The summed E-state index contributed by atoms with van der Waals surface area (Å²) in [5.41, 5.74) is -0.342. The van der Waals surface area contributed by atoms with Crippen LogP contribution in [0.2, 0.25) is 0 Å². The lowest BCUT2D eigenvalue weighted by atomic mass is 9.84. The molecule has 0 aliphatic carbocycles. The monoisotopic (exact) mass is 296 g/mol. The minimum atomic E-state index is -1.86. The number of aliphatic hydroxyl groups is 1. The van der Waals surface area contributed by atoms with Crippen molar-refractivity contribution in [2.45, 2.75) is 5.60 Å². The van der Waals surface area contributed by atoms with E-state index in [0.29, 0.717) is 22.4 Å². The predicted octanol–water partition coefficient (Wildman–Crippen LogP) is 1.58. The Balaban J connectivity index is 2.27. The quantitative estimate of drug-likeness (QED) is 0.884. The number of hydrogen-bond donors (Lipinski definition) is 2. The van der Waals surface area contributed by atoms with Gasteiger partial charge in [0.15, 0.2) is 5.60 Å². The molecule has 5 nitrogen and oxygen atoms in total. The maximum absolute atomic E-state index is 12.4. The normalized spacial score (nSPS) is 19.5. The van der Waals surface area contributed by atoms with Crippen molar-refractivity contribution >= 4 is 17.5 Å². The van der Waals surface area contributed by atoms with Crippen molar-refractivity contribution in [3.63, 3.8) is 0 Å². The highest BCUT2D eigenvalue weighted by atomic mass is 16.3. The van der Waals surface area contributed by atoms with Gasteiger partial charge in [-0.2, -0.15) is 0 Å². The summed E-state index contributed by atoms with van der Waals surface area (Å²) >= 11 is 0. The van der Waals surface area contributed by atoms with Crippen LogP contribution in [0.1, 0.15) is 21.5 Å². The third-order valence-electron chi connectivity index (χ3n) is 3.83. The van der Waals surface area contributed by atoms with Gasteiger partial charge in [-0.25, -0.2) is 0 Å². The summed E-state index contributed by atoms with van der Waals surface area (Å²) in [5.74, 6) is -0.810. The SMILES string of the molecule is CN(C)C(=O)c1cccc2c1[C@@](O)(c1ccccc1)C(=O)N2. The van der Waals surface area contributed by atoms with Crippen molar-refractivity contribution in [2.75, 3.05) is 19.4 Å². The van der Waals surface area contributed by atoms with Crippen molar-refractivity contribution in [3.05, 3.63) is 65.2 Å².